The summed E-state index contributed by atoms with van der Waals surface area (Å²) in [7, 11) is 0. The number of benzene rings is 1. The SMILES string of the molecule is CCOC(=O)CCCCCOc1ccc(F)cc1N. The molecule has 0 aliphatic rings. The molecule has 0 saturated heterocycles. The first kappa shape index (κ1) is 15.3. The Kier molecular flexibility index (Phi) is 6.71. The number of rotatable bonds is 8. The summed E-state index contributed by atoms with van der Waals surface area (Å²) in [5.41, 5.74) is 5.91. The van der Waals surface area contributed by atoms with Crippen LogP contribution in [0.25, 0.3) is 0 Å². The van der Waals surface area contributed by atoms with E-state index in [-0.39, 0.29) is 11.8 Å². The Labute approximate surface area is 112 Å². The minimum absolute atomic E-state index is 0.161. The van der Waals surface area contributed by atoms with Crippen LogP contribution in [0.15, 0.2) is 18.2 Å². The minimum Gasteiger partial charge on any atom is -0.491 e. The van der Waals surface area contributed by atoms with Gasteiger partial charge in [0.05, 0.1) is 18.9 Å². The zero-order valence-electron chi connectivity index (χ0n) is 11.2. The molecular formula is C14H20FNO3. The molecule has 1 aromatic rings. The lowest BCUT2D eigenvalue weighted by Crippen LogP contribution is -2.04. The van der Waals surface area contributed by atoms with Crippen molar-refractivity contribution in [3.63, 3.8) is 0 Å². The van der Waals surface area contributed by atoms with Gasteiger partial charge in [0.2, 0.25) is 0 Å². The van der Waals surface area contributed by atoms with E-state index in [1.54, 1.807) is 6.92 Å². The molecule has 0 heterocycles. The summed E-state index contributed by atoms with van der Waals surface area (Å²) in [6, 6.07) is 4.06. The lowest BCUT2D eigenvalue weighted by atomic mass is 10.2. The van der Waals surface area contributed by atoms with Crippen molar-refractivity contribution in [3.05, 3.63) is 24.0 Å². The monoisotopic (exact) mass is 269 g/mol. The molecule has 5 heteroatoms. The van der Waals surface area contributed by atoms with Crippen LogP contribution in [0.5, 0.6) is 5.75 Å². The molecule has 0 unspecified atom stereocenters. The lowest BCUT2D eigenvalue weighted by Gasteiger charge is -2.08. The molecule has 4 nitrogen and oxygen atoms in total. The fraction of sp³-hybridized carbons (Fsp3) is 0.500. The molecule has 0 saturated carbocycles. The first-order valence-corrected chi connectivity index (χ1v) is 6.47. The van der Waals surface area contributed by atoms with Gasteiger partial charge in [-0.05, 0) is 38.3 Å². The van der Waals surface area contributed by atoms with E-state index in [0.29, 0.717) is 31.1 Å². The number of ether oxygens (including phenoxy) is 2. The van der Waals surface area contributed by atoms with E-state index in [4.69, 9.17) is 15.2 Å². The van der Waals surface area contributed by atoms with Crippen molar-refractivity contribution < 1.29 is 18.7 Å². The van der Waals surface area contributed by atoms with Crippen LogP contribution in [0.2, 0.25) is 0 Å². The molecule has 0 radical (unpaired) electrons. The van der Waals surface area contributed by atoms with Crippen LogP contribution in [-0.4, -0.2) is 19.2 Å². The van der Waals surface area contributed by atoms with Crippen LogP contribution in [0.4, 0.5) is 10.1 Å². The quantitative estimate of drug-likeness (QED) is 0.448. The molecule has 0 aliphatic heterocycles. The zero-order valence-corrected chi connectivity index (χ0v) is 11.2. The average molecular weight is 269 g/mol. The van der Waals surface area contributed by atoms with Gasteiger partial charge in [-0.25, -0.2) is 4.39 Å². The molecule has 0 bridgehead atoms. The molecule has 0 aromatic heterocycles. The normalized spacial score (nSPS) is 10.2. The summed E-state index contributed by atoms with van der Waals surface area (Å²) in [6.45, 7) is 2.71. The first-order chi connectivity index (χ1) is 9.13. The number of anilines is 1. The Balaban J connectivity index is 2.12. The number of nitrogens with two attached hydrogens (primary N) is 1. The summed E-state index contributed by atoms with van der Waals surface area (Å²) in [4.78, 5) is 11.1. The van der Waals surface area contributed by atoms with Gasteiger partial charge in [-0.1, -0.05) is 0 Å². The van der Waals surface area contributed by atoms with Gasteiger partial charge in [0.25, 0.3) is 0 Å². The standard InChI is InChI=1S/C14H20FNO3/c1-2-18-14(17)6-4-3-5-9-19-13-8-7-11(15)10-12(13)16/h7-8,10H,2-6,9,16H2,1H3. The molecule has 1 aromatic carbocycles. The Morgan fingerprint density at radius 2 is 2.11 bits per heavy atom. The van der Waals surface area contributed by atoms with Gasteiger partial charge < -0.3 is 15.2 Å². The predicted octanol–water partition coefficient (Wildman–Crippen LogP) is 2.91. The fourth-order valence-corrected chi connectivity index (χ4v) is 1.61. The maximum Gasteiger partial charge on any atom is 0.305 e. The van der Waals surface area contributed by atoms with Crippen molar-refractivity contribution in [2.24, 2.45) is 0 Å². The van der Waals surface area contributed by atoms with Gasteiger partial charge >= 0.3 is 5.97 Å². The third-order valence-electron chi connectivity index (χ3n) is 2.56. The molecule has 0 spiro atoms. The van der Waals surface area contributed by atoms with Crippen molar-refractivity contribution >= 4 is 11.7 Å². The molecule has 1 rings (SSSR count). The Bertz CT molecular complexity index is 410. The molecule has 106 valence electrons. The summed E-state index contributed by atoms with van der Waals surface area (Å²) in [5.74, 6) is -0.0442. The Morgan fingerprint density at radius 1 is 1.32 bits per heavy atom. The Hall–Kier alpha value is -1.78. The van der Waals surface area contributed by atoms with Crippen molar-refractivity contribution in [1.82, 2.24) is 0 Å². The number of unbranched alkanes of at least 4 members (excludes halogenated alkanes) is 2. The second-order valence-corrected chi connectivity index (χ2v) is 4.15. The average Bonchev–Trinajstić information content (AvgIpc) is 2.36. The third-order valence-corrected chi connectivity index (χ3v) is 2.56. The highest BCUT2D eigenvalue weighted by atomic mass is 19.1. The molecule has 0 fully saturated rings. The van der Waals surface area contributed by atoms with Crippen molar-refractivity contribution in [3.8, 4) is 5.75 Å². The summed E-state index contributed by atoms with van der Waals surface area (Å²) in [5, 5.41) is 0. The fourth-order valence-electron chi connectivity index (χ4n) is 1.61. The largest absolute Gasteiger partial charge is 0.491 e. The number of hydrogen-bond acceptors (Lipinski definition) is 4. The van der Waals surface area contributed by atoms with Crippen LogP contribution in [0, 0.1) is 5.82 Å². The van der Waals surface area contributed by atoms with Crippen LogP contribution in [-0.2, 0) is 9.53 Å². The van der Waals surface area contributed by atoms with Gasteiger partial charge in [0.15, 0.2) is 0 Å². The summed E-state index contributed by atoms with van der Waals surface area (Å²) in [6.07, 6.45) is 2.91. The van der Waals surface area contributed by atoms with E-state index >= 15 is 0 Å². The second-order valence-electron chi connectivity index (χ2n) is 4.15. The predicted molar refractivity (Wildman–Crippen MR) is 71.4 cm³/mol. The van der Waals surface area contributed by atoms with E-state index in [0.717, 1.165) is 19.3 Å². The molecular weight excluding hydrogens is 249 g/mol. The van der Waals surface area contributed by atoms with E-state index < -0.39 is 0 Å². The number of carbonyl (C=O) groups is 1. The molecule has 0 aliphatic carbocycles. The Morgan fingerprint density at radius 3 is 2.79 bits per heavy atom. The minimum atomic E-state index is -0.376. The van der Waals surface area contributed by atoms with Crippen LogP contribution in [0.1, 0.15) is 32.6 Å². The highest BCUT2D eigenvalue weighted by Crippen LogP contribution is 2.22. The smallest absolute Gasteiger partial charge is 0.305 e. The molecule has 0 atom stereocenters. The lowest BCUT2D eigenvalue weighted by molar-refractivity contribution is -0.143. The van der Waals surface area contributed by atoms with Crippen LogP contribution < -0.4 is 10.5 Å². The van der Waals surface area contributed by atoms with Crippen molar-refractivity contribution in [2.45, 2.75) is 32.6 Å². The van der Waals surface area contributed by atoms with Crippen molar-refractivity contribution in [1.29, 1.82) is 0 Å². The van der Waals surface area contributed by atoms with Gasteiger partial charge in [-0.15, -0.1) is 0 Å². The number of nitrogen functional groups attached to an aromatic ring is 1. The first-order valence-electron chi connectivity index (χ1n) is 6.47. The van der Waals surface area contributed by atoms with E-state index in [2.05, 4.69) is 0 Å². The van der Waals surface area contributed by atoms with Gasteiger partial charge in [0, 0.05) is 12.5 Å². The maximum absolute atomic E-state index is 12.8. The maximum atomic E-state index is 12.8. The van der Waals surface area contributed by atoms with Gasteiger partial charge in [0.1, 0.15) is 11.6 Å². The van der Waals surface area contributed by atoms with E-state index in [1.165, 1.54) is 18.2 Å². The number of halogens is 1. The van der Waals surface area contributed by atoms with Crippen molar-refractivity contribution in [2.75, 3.05) is 18.9 Å². The second kappa shape index (κ2) is 8.34. The summed E-state index contributed by atoms with van der Waals surface area (Å²) >= 11 is 0. The molecule has 2 N–H and O–H groups in total. The number of esters is 1. The van der Waals surface area contributed by atoms with Gasteiger partial charge in [-0.2, -0.15) is 0 Å². The highest BCUT2D eigenvalue weighted by molar-refractivity contribution is 5.69. The summed E-state index contributed by atoms with van der Waals surface area (Å²) < 4.78 is 23.1. The third kappa shape index (κ3) is 6.08. The number of hydrogen-bond donors (Lipinski definition) is 1. The topological polar surface area (TPSA) is 61.5 Å². The number of carbonyl (C=O) groups excluding carboxylic acids is 1. The van der Waals surface area contributed by atoms with E-state index in [9.17, 15) is 9.18 Å². The van der Waals surface area contributed by atoms with E-state index in [1.807, 2.05) is 0 Å². The van der Waals surface area contributed by atoms with Gasteiger partial charge in [-0.3, -0.25) is 4.79 Å². The zero-order chi connectivity index (χ0) is 14.1. The van der Waals surface area contributed by atoms with Crippen LogP contribution >= 0.6 is 0 Å². The molecule has 19 heavy (non-hydrogen) atoms. The highest BCUT2D eigenvalue weighted by Gasteiger charge is 2.03. The molecule has 0 amide bonds. The van der Waals surface area contributed by atoms with Crippen LogP contribution in [0.3, 0.4) is 0 Å².